The monoisotopic (exact) mass is 324 g/mol. The first kappa shape index (κ1) is 14.5. The standard InChI is InChI=1S/C15H21BrN2O/c1-10-6-12(7-11(2)14(10)16)18-13(19)8-15(9-17)4-3-5-15/h6-7H,3-5,8-9,17H2,1-2H3,(H,18,19). The first-order valence-corrected chi connectivity index (χ1v) is 7.52. The van der Waals surface area contributed by atoms with Crippen LogP contribution in [-0.2, 0) is 4.79 Å². The van der Waals surface area contributed by atoms with Crippen molar-refractivity contribution < 1.29 is 4.79 Å². The minimum atomic E-state index is 0.0591. The second-order valence-electron chi connectivity index (χ2n) is 5.71. The van der Waals surface area contributed by atoms with Crippen LogP contribution in [0.5, 0.6) is 0 Å². The Hall–Kier alpha value is -0.870. The van der Waals surface area contributed by atoms with E-state index in [9.17, 15) is 4.79 Å². The molecule has 1 aromatic rings. The van der Waals surface area contributed by atoms with Gasteiger partial charge in [-0.3, -0.25) is 4.79 Å². The largest absolute Gasteiger partial charge is 0.330 e. The van der Waals surface area contributed by atoms with Gasteiger partial charge in [-0.05, 0) is 61.9 Å². The average Bonchev–Trinajstić information content (AvgIpc) is 2.30. The fourth-order valence-corrected chi connectivity index (χ4v) is 2.92. The molecule has 0 atom stereocenters. The van der Waals surface area contributed by atoms with Gasteiger partial charge in [0.05, 0.1) is 0 Å². The number of amides is 1. The minimum Gasteiger partial charge on any atom is -0.330 e. The predicted octanol–water partition coefficient (Wildman–Crippen LogP) is 3.52. The van der Waals surface area contributed by atoms with Crippen molar-refractivity contribution in [1.82, 2.24) is 0 Å². The van der Waals surface area contributed by atoms with E-state index in [1.54, 1.807) is 0 Å². The van der Waals surface area contributed by atoms with Gasteiger partial charge >= 0.3 is 0 Å². The zero-order valence-corrected chi connectivity index (χ0v) is 13.1. The number of carbonyl (C=O) groups excluding carboxylic acids is 1. The Morgan fingerprint density at radius 2 is 1.95 bits per heavy atom. The molecule has 1 fully saturated rings. The van der Waals surface area contributed by atoms with Crippen LogP contribution in [0.25, 0.3) is 0 Å². The molecule has 0 unspecified atom stereocenters. The quantitative estimate of drug-likeness (QED) is 0.890. The number of nitrogens with one attached hydrogen (secondary N) is 1. The molecule has 0 heterocycles. The molecule has 1 saturated carbocycles. The fourth-order valence-electron chi connectivity index (χ4n) is 2.69. The first-order chi connectivity index (χ1) is 8.96. The summed E-state index contributed by atoms with van der Waals surface area (Å²) in [5.74, 6) is 0.0753. The van der Waals surface area contributed by atoms with Crippen molar-refractivity contribution in [2.24, 2.45) is 11.1 Å². The van der Waals surface area contributed by atoms with Crippen molar-refractivity contribution in [3.63, 3.8) is 0 Å². The summed E-state index contributed by atoms with van der Waals surface area (Å²) in [6, 6.07) is 3.98. The van der Waals surface area contributed by atoms with E-state index in [0.29, 0.717) is 13.0 Å². The maximum Gasteiger partial charge on any atom is 0.224 e. The second-order valence-corrected chi connectivity index (χ2v) is 6.50. The summed E-state index contributed by atoms with van der Waals surface area (Å²) in [6.07, 6.45) is 3.89. The molecule has 0 bridgehead atoms. The van der Waals surface area contributed by atoms with E-state index in [1.807, 2.05) is 26.0 Å². The lowest BCUT2D eigenvalue weighted by atomic mass is 9.66. The van der Waals surface area contributed by atoms with Gasteiger partial charge in [-0.25, -0.2) is 0 Å². The van der Waals surface area contributed by atoms with Gasteiger partial charge in [-0.1, -0.05) is 22.4 Å². The maximum absolute atomic E-state index is 12.1. The summed E-state index contributed by atoms with van der Waals surface area (Å²) in [7, 11) is 0. The lowest BCUT2D eigenvalue weighted by Gasteiger charge is -2.40. The molecule has 1 aliphatic carbocycles. The summed E-state index contributed by atoms with van der Waals surface area (Å²) >= 11 is 3.53. The summed E-state index contributed by atoms with van der Waals surface area (Å²) in [4.78, 5) is 12.1. The molecule has 1 amide bonds. The molecule has 1 aromatic carbocycles. The molecule has 0 spiro atoms. The third kappa shape index (κ3) is 3.18. The molecule has 4 heteroatoms. The van der Waals surface area contributed by atoms with Gasteiger partial charge in [-0.15, -0.1) is 0 Å². The lowest BCUT2D eigenvalue weighted by Crippen LogP contribution is -2.40. The van der Waals surface area contributed by atoms with Crippen LogP contribution in [0, 0.1) is 19.3 Å². The van der Waals surface area contributed by atoms with Gasteiger partial charge < -0.3 is 11.1 Å². The van der Waals surface area contributed by atoms with Gasteiger partial charge in [0.15, 0.2) is 0 Å². The summed E-state index contributed by atoms with van der Waals surface area (Å²) in [5, 5.41) is 2.99. The van der Waals surface area contributed by atoms with Crippen molar-refractivity contribution in [3.8, 4) is 0 Å². The fraction of sp³-hybridized carbons (Fsp3) is 0.533. The van der Waals surface area contributed by atoms with Crippen LogP contribution in [0.4, 0.5) is 5.69 Å². The molecule has 3 nitrogen and oxygen atoms in total. The molecule has 1 aliphatic rings. The second kappa shape index (κ2) is 5.63. The highest BCUT2D eigenvalue weighted by molar-refractivity contribution is 9.10. The Kier molecular flexibility index (Phi) is 4.31. The molecule has 0 aliphatic heterocycles. The average molecular weight is 325 g/mol. The molecular weight excluding hydrogens is 304 g/mol. The van der Waals surface area contributed by atoms with Crippen molar-refractivity contribution in [1.29, 1.82) is 0 Å². The molecule has 0 radical (unpaired) electrons. The Morgan fingerprint density at radius 1 is 1.37 bits per heavy atom. The van der Waals surface area contributed by atoms with Crippen molar-refractivity contribution >= 4 is 27.5 Å². The summed E-state index contributed by atoms with van der Waals surface area (Å²) in [5.41, 5.74) is 8.99. The van der Waals surface area contributed by atoms with Gasteiger partial charge in [0.1, 0.15) is 0 Å². The highest BCUT2D eigenvalue weighted by atomic mass is 79.9. The van der Waals surface area contributed by atoms with E-state index >= 15 is 0 Å². The van der Waals surface area contributed by atoms with Crippen LogP contribution < -0.4 is 11.1 Å². The number of aryl methyl sites for hydroxylation is 2. The smallest absolute Gasteiger partial charge is 0.224 e. The zero-order chi connectivity index (χ0) is 14.0. The van der Waals surface area contributed by atoms with Crippen molar-refractivity contribution in [2.45, 2.75) is 39.5 Å². The van der Waals surface area contributed by atoms with Crippen LogP contribution in [0.3, 0.4) is 0 Å². The SMILES string of the molecule is Cc1cc(NC(=O)CC2(CN)CCC2)cc(C)c1Br. The van der Waals surface area contributed by atoms with Crippen LogP contribution in [0.15, 0.2) is 16.6 Å². The maximum atomic E-state index is 12.1. The molecule has 0 saturated heterocycles. The topological polar surface area (TPSA) is 55.1 Å². The van der Waals surface area contributed by atoms with E-state index in [4.69, 9.17) is 5.73 Å². The third-order valence-corrected chi connectivity index (χ3v) is 5.35. The number of anilines is 1. The molecular formula is C15H21BrN2O. The van der Waals surface area contributed by atoms with E-state index in [2.05, 4.69) is 21.2 Å². The van der Waals surface area contributed by atoms with Gasteiger partial charge in [0.25, 0.3) is 0 Å². The number of hydrogen-bond acceptors (Lipinski definition) is 2. The van der Waals surface area contributed by atoms with Crippen LogP contribution in [-0.4, -0.2) is 12.5 Å². The number of nitrogens with two attached hydrogens (primary N) is 1. The van der Waals surface area contributed by atoms with Crippen molar-refractivity contribution in [3.05, 3.63) is 27.7 Å². The predicted molar refractivity (Wildman–Crippen MR) is 82.2 cm³/mol. The normalized spacial score (nSPS) is 16.8. The number of hydrogen-bond donors (Lipinski definition) is 2. The minimum absolute atomic E-state index is 0.0591. The zero-order valence-electron chi connectivity index (χ0n) is 11.6. The number of carbonyl (C=O) groups is 1. The van der Waals surface area contributed by atoms with Crippen LogP contribution >= 0.6 is 15.9 Å². The Morgan fingerprint density at radius 3 is 2.37 bits per heavy atom. The van der Waals surface area contributed by atoms with Gasteiger partial charge in [0, 0.05) is 16.6 Å². The molecule has 104 valence electrons. The van der Waals surface area contributed by atoms with E-state index in [-0.39, 0.29) is 11.3 Å². The van der Waals surface area contributed by atoms with Crippen LogP contribution in [0.2, 0.25) is 0 Å². The lowest BCUT2D eigenvalue weighted by molar-refractivity contribution is -0.119. The molecule has 3 N–H and O–H groups in total. The molecule has 19 heavy (non-hydrogen) atoms. The molecule has 2 rings (SSSR count). The molecule has 0 aromatic heterocycles. The number of halogens is 1. The van der Waals surface area contributed by atoms with E-state index in [0.717, 1.165) is 34.1 Å². The van der Waals surface area contributed by atoms with Crippen molar-refractivity contribution in [2.75, 3.05) is 11.9 Å². The van der Waals surface area contributed by atoms with Gasteiger partial charge in [-0.2, -0.15) is 0 Å². The van der Waals surface area contributed by atoms with Gasteiger partial charge in [0.2, 0.25) is 5.91 Å². The Labute approximate surface area is 123 Å². The number of rotatable bonds is 4. The number of benzene rings is 1. The highest BCUT2D eigenvalue weighted by Gasteiger charge is 2.37. The third-order valence-electron chi connectivity index (χ3n) is 4.10. The van der Waals surface area contributed by atoms with E-state index in [1.165, 1.54) is 6.42 Å². The Bertz CT molecular complexity index is 466. The highest BCUT2D eigenvalue weighted by Crippen LogP contribution is 2.43. The first-order valence-electron chi connectivity index (χ1n) is 6.72. The van der Waals surface area contributed by atoms with Crippen LogP contribution in [0.1, 0.15) is 36.8 Å². The van der Waals surface area contributed by atoms with E-state index < -0.39 is 0 Å². The Balaban J connectivity index is 2.03. The summed E-state index contributed by atoms with van der Waals surface area (Å²) < 4.78 is 1.10. The summed E-state index contributed by atoms with van der Waals surface area (Å²) in [6.45, 7) is 4.67.